The first kappa shape index (κ1) is 28.6. The molecule has 0 amide bonds. The lowest BCUT2D eigenvalue weighted by molar-refractivity contribution is -0.142. The van der Waals surface area contributed by atoms with Crippen LogP contribution in [-0.2, 0) is 23.4 Å². The maximum absolute atomic E-state index is 13.5. The molecule has 1 aliphatic heterocycles. The second-order valence-electron chi connectivity index (χ2n) is 8.07. The van der Waals surface area contributed by atoms with Gasteiger partial charge in [0.15, 0.2) is 6.23 Å². The molecule has 2 heterocycles. The summed E-state index contributed by atoms with van der Waals surface area (Å²) in [5.41, 5.74) is -3.92. The molecule has 4 N–H and O–H groups in total. The minimum Gasteiger partial charge on any atom is -0.468 e. The number of hydrogen-bond donors (Lipinski definition) is 4. The first-order valence-corrected chi connectivity index (χ1v) is 12.7. The molecule has 3 rings (SSSR count). The molecular weight excluding hydrogens is 533 g/mol. The largest absolute Gasteiger partial charge is 0.468 e. The Labute approximate surface area is 215 Å². The summed E-state index contributed by atoms with van der Waals surface area (Å²) in [6.45, 7) is 2.12. The van der Waals surface area contributed by atoms with E-state index in [0.29, 0.717) is 0 Å². The molecule has 0 radical (unpaired) electrons. The molecule has 0 aliphatic carbocycles. The molecule has 0 spiro atoms. The summed E-state index contributed by atoms with van der Waals surface area (Å²) in [6, 6.07) is 6.81. The van der Waals surface area contributed by atoms with Gasteiger partial charge in [0.2, 0.25) is 5.60 Å². The van der Waals surface area contributed by atoms with Crippen LogP contribution in [0.1, 0.15) is 18.7 Å². The van der Waals surface area contributed by atoms with Crippen molar-refractivity contribution in [3.05, 3.63) is 62.9 Å². The fourth-order valence-corrected chi connectivity index (χ4v) is 5.15. The Morgan fingerprint density at radius 1 is 1.38 bits per heavy atom. The quantitative estimate of drug-likeness (QED) is 0.190. The second kappa shape index (κ2) is 11.6. The topological polar surface area (TPSA) is 178 Å². The van der Waals surface area contributed by atoms with Gasteiger partial charge in [0.1, 0.15) is 24.0 Å². The average molecular weight is 558 g/mol. The van der Waals surface area contributed by atoms with E-state index in [0.717, 1.165) is 17.9 Å². The Kier molecular flexibility index (Phi) is 8.99. The van der Waals surface area contributed by atoms with E-state index in [1.807, 2.05) is 5.38 Å². The summed E-state index contributed by atoms with van der Waals surface area (Å²) in [6.07, 6.45) is -3.77. The number of carbonyl (C=O) groups excluding carboxylic acids is 1. The number of aromatic nitrogens is 2. The van der Waals surface area contributed by atoms with Gasteiger partial charge in [-0.15, -0.1) is 0 Å². The Morgan fingerprint density at radius 2 is 2.05 bits per heavy atom. The number of nitrogens with zero attached hydrogens (tertiary/aromatic N) is 1. The predicted molar refractivity (Wildman–Crippen MR) is 130 cm³/mol. The summed E-state index contributed by atoms with van der Waals surface area (Å²) in [7, 11) is -3.17. The van der Waals surface area contributed by atoms with Crippen molar-refractivity contribution in [2.45, 2.75) is 43.9 Å². The van der Waals surface area contributed by atoms with Crippen molar-refractivity contribution in [1.29, 1.82) is 0 Å². The van der Waals surface area contributed by atoms with Crippen molar-refractivity contribution in [1.82, 2.24) is 14.6 Å². The van der Waals surface area contributed by atoms with Gasteiger partial charge in [0.05, 0.1) is 13.7 Å². The van der Waals surface area contributed by atoms with E-state index in [4.69, 9.17) is 25.4 Å². The number of para-hydroxylation sites is 1. The van der Waals surface area contributed by atoms with Crippen LogP contribution in [0.4, 0.5) is 0 Å². The van der Waals surface area contributed by atoms with Gasteiger partial charge in [-0.3, -0.25) is 23.7 Å². The summed E-state index contributed by atoms with van der Waals surface area (Å²) in [5, 5.41) is 26.4. The van der Waals surface area contributed by atoms with Crippen molar-refractivity contribution in [2.24, 2.45) is 0 Å². The van der Waals surface area contributed by atoms with Crippen molar-refractivity contribution in [3.8, 4) is 17.0 Å². The van der Waals surface area contributed by atoms with Crippen molar-refractivity contribution in [3.63, 3.8) is 0 Å². The number of benzene rings is 1. The number of methoxy groups -OCH3 is 1. The number of aliphatic hydroxyl groups is 2. The van der Waals surface area contributed by atoms with Crippen molar-refractivity contribution < 1.29 is 38.1 Å². The zero-order valence-electron chi connectivity index (χ0n) is 19.9. The first-order chi connectivity index (χ1) is 17.4. The molecule has 13 nitrogen and oxygen atoms in total. The third-order valence-corrected chi connectivity index (χ3v) is 7.15. The number of aryl methyl sites for hydroxylation is 1. The second-order valence-corrected chi connectivity index (χ2v) is 9.95. The molecule has 1 saturated heterocycles. The number of hydrogen-bond acceptors (Lipinski definition) is 10. The Hall–Kier alpha value is -2.95. The number of nitrogens with one attached hydrogen (secondary N) is 2. The molecule has 1 aliphatic rings. The number of esters is 1. The number of rotatable bonds is 9. The maximum atomic E-state index is 13.5. The van der Waals surface area contributed by atoms with Crippen molar-refractivity contribution in [2.75, 3.05) is 13.7 Å². The molecule has 1 unspecified atom stereocenters. The number of aliphatic hydroxyl groups excluding tert-OH is 1. The highest BCUT2D eigenvalue weighted by Gasteiger charge is 2.56. The lowest BCUT2D eigenvalue weighted by atomic mass is 9.95. The third-order valence-electron chi connectivity index (χ3n) is 5.41. The van der Waals surface area contributed by atoms with Crippen LogP contribution < -0.4 is 20.9 Å². The molecule has 0 saturated carbocycles. The standard InChI is InChI=1S/C22H25ClN3O10P/c1-13-11-26(21(30)24-18(13)28)20-22(31,9-10-23)17(27)16(35-20)12-34-37(32,25-14(2)19(29)33-3)36-15-7-5-4-6-8-15/h4-8,11,14,16-17,20,27,31H,12H2,1-3H3,(H,25,32)(H,24,28,30)/t14-,16+,17+,20+,22+,37?/m0/s1. The van der Waals surface area contributed by atoms with E-state index < -0.39 is 61.7 Å². The molecule has 2 aromatic rings. The number of H-pyrrole nitrogens is 1. The molecule has 15 heteroatoms. The number of aromatic amines is 1. The van der Waals surface area contributed by atoms with Crippen LogP contribution in [0.25, 0.3) is 0 Å². The van der Waals surface area contributed by atoms with Crippen LogP contribution in [0.2, 0.25) is 0 Å². The maximum Gasteiger partial charge on any atom is 0.459 e. The number of ether oxygens (including phenoxy) is 2. The van der Waals surface area contributed by atoms with E-state index >= 15 is 0 Å². The fourth-order valence-electron chi connectivity index (χ4n) is 3.50. The third kappa shape index (κ3) is 6.31. The zero-order chi connectivity index (χ0) is 27.4. The highest BCUT2D eigenvalue weighted by Crippen LogP contribution is 2.46. The monoisotopic (exact) mass is 557 g/mol. The molecule has 37 heavy (non-hydrogen) atoms. The molecule has 0 bridgehead atoms. The molecule has 1 aromatic heterocycles. The predicted octanol–water partition coefficient (Wildman–Crippen LogP) is 0.389. The lowest BCUT2D eigenvalue weighted by Gasteiger charge is -2.26. The van der Waals surface area contributed by atoms with Gasteiger partial charge in [-0.25, -0.2) is 9.36 Å². The molecule has 1 aromatic carbocycles. The van der Waals surface area contributed by atoms with E-state index in [9.17, 15) is 29.2 Å². The highest BCUT2D eigenvalue weighted by molar-refractivity contribution is 7.52. The average Bonchev–Trinajstić information content (AvgIpc) is 3.10. The first-order valence-electron chi connectivity index (χ1n) is 10.8. The van der Waals surface area contributed by atoms with Gasteiger partial charge >= 0.3 is 19.4 Å². The van der Waals surface area contributed by atoms with Gasteiger partial charge in [-0.2, -0.15) is 5.09 Å². The van der Waals surface area contributed by atoms with Crippen LogP contribution in [0, 0.1) is 18.2 Å². The minimum absolute atomic E-state index is 0.111. The summed E-state index contributed by atoms with van der Waals surface area (Å²) in [4.78, 5) is 38.1. The molecule has 6 atom stereocenters. The molecule has 200 valence electrons. The van der Waals surface area contributed by atoms with Crippen LogP contribution in [0.3, 0.4) is 0 Å². The van der Waals surface area contributed by atoms with Gasteiger partial charge < -0.3 is 24.2 Å². The van der Waals surface area contributed by atoms with Gasteiger partial charge in [-0.1, -0.05) is 18.2 Å². The van der Waals surface area contributed by atoms with E-state index in [1.54, 1.807) is 18.2 Å². The summed E-state index contributed by atoms with van der Waals surface area (Å²) in [5.74, 6) is 1.60. The number of halogens is 1. The van der Waals surface area contributed by atoms with Gasteiger partial charge in [0, 0.05) is 17.1 Å². The van der Waals surface area contributed by atoms with Crippen LogP contribution >= 0.6 is 19.3 Å². The molecule has 1 fully saturated rings. The van der Waals surface area contributed by atoms with Crippen LogP contribution in [0.5, 0.6) is 5.75 Å². The summed E-state index contributed by atoms with van der Waals surface area (Å²) < 4.78 is 35.7. The Bertz CT molecular complexity index is 1350. The highest BCUT2D eigenvalue weighted by atomic mass is 35.5. The SMILES string of the molecule is COC(=O)[C@H](C)NP(=O)(OC[C@H]1O[C@@H](n2cc(C)c(=O)[nH]c2=O)[C@@](O)(C#CCl)[C@@H]1O)Oc1ccccc1. The Morgan fingerprint density at radius 3 is 2.68 bits per heavy atom. The van der Waals surface area contributed by atoms with Crippen LogP contribution in [-0.4, -0.2) is 63.3 Å². The normalized spacial score (nSPS) is 25.4. The van der Waals surface area contributed by atoms with E-state index in [1.165, 1.54) is 26.0 Å². The van der Waals surface area contributed by atoms with E-state index in [-0.39, 0.29) is 11.3 Å². The smallest absolute Gasteiger partial charge is 0.459 e. The summed E-state index contributed by atoms with van der Waals surface area (Å²) >= 11 is 5.49. The fraction of sp³-hybridized carbons (Fsp3) is 0.409. The van der Waals surface area contributed by atoms with E-state index in [2.05, 4.69) is 20.7 Å². The minimum atomic E-state index is -4.32. The molecular formula is C22H25ClN3O10P. The van der Waals surface area contributed by atoms with Gasteiger partial charge in [-0.05, 0) is 43.5 Å². The number of carbonyl (C=O) groups is 1. The lowest BCUT2D eigenvalue weighted by Crippen LogP contribution is -2.48. The van der Waals surface area contributed by atoms with Crippen LogP contribution in [0.15, 0.2) is 46.1 Å². The van der Waals surface area contributed by atoms with Gasteiger partial charge in [0.25, 0.3) is 5.56 Å². The Balaban J connectivity index is 1.90. The zero-order valence-corrected chi connectivity index (χ0v) is 21.6. The van der Waals surface area contributed by atoms with Crippen molar-refractivity contribution >= 4 is 25.3 Å².